The summed E-state index contributed by atoms with van der Waals surface area (Å²) in [5, 5.41) is 4.58. The maximum absolute atomic E-state index is 13.3. The molecule has 0 N–H and O–H groups in total. The van der Waals surface area contributed by atoms with Gasteiger partial charge in [0.1, 0.15) is 5.82 Å². The molecule has 0 bridgehead atoms. The Hall–Kier alpha value is -2.70. The summed E-state index contributed by atoms with van der Waals surface area (Å²) in [5.74, 6) is -0.742. The van der Waals surface area contributed by atoms with E-state index in [1.54, 1.807) is 28.8 Å². The van der Waals surface area contributed by atoms with Crippen molar-refractivity contribution in [3.8, 4) is 5.69 Å². The van der Waals surface area contributed by atoms with Gasteiger partial charge >= 0.3 is 5.97 Å². The zero-order valence-corrected chi connectivity index (χ0v) is 15.7. The molecule has 1 amide bonds. The Morgan fingerprint density at radius 2 is 1.93 bits per heavy atom. The van der Waals surface area contributed by atoms with Gasteiger partial charge in [-0.2, -0.15) is 5.10 Å². The third-order valence-corrected chi connectivity index (χ3v) is 4.90. The fourth-order valence-corrected chi connectivity index (χ4v) is 3.41. The fourth-order valence-electron chi connectivity index (χ4n) is 3.41. The molecular weight excluding hydrogens is 349 g/mol. The van der Waals surface area contributed by atoms with Gasteiger partial charge in [0.15, 0.2) is 5.69 Å². The maximum Gasteiger partial charge on any atom is 0.305 e. The lowest BCUT2D eigenvalue weighted by atomic mass is 9.95. The first-order valence-electron chi connectivity index (χ1n) is 9.20. The van der Waals surface area contributed by atoms with Gasteiger partial charge in [0.2, 0.25) is 0 Å². The predicted molar refractivity (Wildman–Crippen MR) is 98.4 cm³/mol. The van der Waals surface area contributed by atoms with Crippen LogP contribution in [-0.4, -0.2) is 47.3 Å². The monoisotopic (exact) mass is 373 g/mol. The van der Waals surface area contributed by atoms with Crippen LogP contribution in [0.4, 0.5) is 4.39 Å². The largest absolute Gasteiger partial charge is 0.469 e. The summed E-state index contributed by atoms with van der Waals surface area (Å²) in [6.45, 7) is 0.451. The number of rotatable bonds is 6. The van der Waals surface area contributed by atoms with Gasteiger partial charge in [0.25, 0.3) is 5.91 Å². The van der Waals surface area contributed by atoms with Gasteiger partial charge in [-0.1, -0.05) is 0 Å². The quantitative estimate of drug-likeness (QED) is 0.731. The van der Waals surface area contributed by atoms with Gasteiger partial charge in [0, 0.05) is 31.3 Å². The topological polar surface area (TPSA) is 64.4 Å². The first kappa shape index (κ1) is 19.1. The lowest BCUT2D eigenvalue weighted by Gasteiger charge is -2.17. The first-order valence-corrected chi connectivity index (χ1v) is 9.20. The molecule has 1 aromatic carbocycles. The van der Waals surface area contributed by atoms with Crippen molar-refractivity contribution >= 4 is 11.9 Å². The van der Waals surface area contributed by atoms with Gasteiger partial charge in [0.05, 0.1) is 12.8 Å². The van der Waals surface area contributed by atoms with E-state index >= 15 is 0 Å². The summed E-state index contributed by atoms with van der Waals surface area (Å²) in [4.78, 5) is 25.8. The van der Waals surface area contributed by atoms with Crippen molar-refractivity contribution in [3.63, 3.8) is 0 Å². The van der Waals surface area contributed by atoms with Crippen LogP contribution in [0.25, 0.3) is 5.69 Å². The lowest BCUT2D eigenvalue weighted by Crippen LogP contribution is -2.29. The molecular formula is C20H24FN3O3. The molecule has 1 aromatic heterocycles. The van der Waals surface area contributed by atoms with Crippen LogP contribution in [0.5, 0.6) is 0 Å². The van der Waals surface area contributed by atoms with Crippen LogP contribution in [0.2, 0.25) is 0 Å². The molecule has 1 aliphatic carbocycles. The van der Waals surface area contributed by atoms with Crippen LogP contribution >= 0.6 is 0 Å². The molecule has 6 nitrogen and oxygen atoms in total. The van der Waals surface area contributed by atoms with Crippen LogP contribution in [0.3, 0.4) is 0 Å². The summed E-state index contributed by atoms with van der Waals surface area (Å²) in [6.07, 6.45) is 4.54. The average molecular weight is 373 g/mol. The van der Waals surface area contributed by atoms with E-state index in [-0.39, 0.29) is 24.1 Å². The van der Waals surface area contributed by atoms with Crippen molar-refractivity contribution in [2.24, 2.45) is 0 Å². The number of hydrogen-bond donors (Lipinski definition) is 0. The second-order valence-corrected chi connectivity index (χ2v) is 6.78. The Balaban J connectivity index is 1.83. The average Bonchev–Trinajstić information content (AvgIpc) is 3.07. The highest BCUT2D eigenvalue weighted by Gasteiger charge is 2.27. The first-order chi connectivity index (χ1) is 13.0. The number of halogens is 1. The standard InChI is InChI=1S/C20H24FN3O3/c1-23(13-5-8-18(25)27-2)20(26)19-16-6-3-4-7-17(16)24(22-19)15-11-9-14(21)10-12-15/h9-12H,3-8,13H2,1-2H3. The Bertz CT molecular complexity index is 830. The van der Waals surface area contributed by atoms with Crippen LogP contribution < -0.4 is 0 Å². The number of esters is 1. The normalized spacial score (nSPS) is 13.1. The van der Waals surface area contributed by atoms with E-state index in [1.807, 2.05) is 0 Å². The van der Waals surface area contributed by atoms with Crippen molar-refractivity contribution in [2.45, 2.75) is 38.5 Å². The number of hydrogen-bond acceptors (Lipinski definition) is 4. The lowest BCUT2D eigenvalue weighted by molar-refractivity contribution is -0.140. The van der Waals surface area contributed by atoms with E-state index in [0.717, 1.165) is 42.6 Å². The number of aromatic nitrogens is 2. The molecule has 2 aromatic rings. The number of carbonyl (C=O) groups excluding carboxylic acids is 2. The van der Waals surface area contributed by atoms with Crippen molar-refractivity contribution in [1.82, 2.24) is 14.7 Å². The molecule has 27 heavy (non-hydrogen) atoms. The molecule has 1 heterocycles. The number of ether oxygens (including phenoxy) is 1. The Morgan fingerprint density at radius 3 is 2.63 bits per heavy atom. The number of carbonyl (C=O) groups is 2. The van der Waals surface area contributed by atoms with Crippen LogP contribution in [-0.2, 0) is 22.4 Å². The third-order valence-electron chi connectivity index (χ3n) is 4.90. The van der Waals surface area contributed by atoms with Gasteiger partial charge in [-0.3, -0.25) is 9.59 Å². The van der Waals surface area contributed by atoms with Gasteiger partial charge in [-0.05, 0) is 56.4 Å². The molecule has 0 atom stereocenters. The van der Waals surface area contributed by atoms with E-state index < -0.39 is 0 Å². The summed E-state index contributed by atoms with van der Waals surface area (Å²) in [5.41, 5.74) is 3.21. The van der Waals surface area contributed by atoms with Crippen LogP contribution in [0.15, 0.2) is 24.3 Å². The summed E-state index contributed by atoms with van der Waals surface area (Å²) < 4.78 is 19.7. The molecule has 0 radical (unpaired) electrons. The number of fused-ring (bicyclic) bond motifs is 1. The SMILES string of the molecule is COC(=O)CCCN(C)C(=O)c1nn(-c2ccc(F)cc2)c2c1CCCC2. The van der Waals surface area contributed by atoms with Crippen molar-refractivity contribution < 1.29 is 18.7 Å². The van der Waals surface area contributed by atoms with Crippen molar-refractivity contribution in [2.75, 3.05) is 20.7 Å². The smallest absolute Gasteiger partial charge is 0.305 e. The molecule has 0 aliphatic heterocycles. The number of benzene rings is 1. The highest BCUT2D eigenvalue weighted by molar-refractivity contribution is 5.94. The zero-order chi connectivity index (χ0) is 19.4. The molecule has 3 rings (SSSR count). The summed E-state index contributed by atoms with van der Waals surface area (Å²) >= 11 is 0. The van der Waals surface area contributed by atoms with Gasteiger partial charge < -0.3 is 9.64 Å². The van der Waals surface area contributed by atoms with Crippen LogP contribution in [0, 0.1) is 5.82 Å². The second-order valence-electron chi connectivity index (χ2n) is 6.78. The van der Waals surface area contributed by atoms with E-state index in [1.165, 1.54) is 19.2 Å². The molecule has 0 saturated heterocycles. The summed E-state index contributed by atoms with van der Waals surface area (Å²) in [7, 11) is 3.07. The maximum atomic E-state index is 13.3. The van der Waals surface area contributed by atoms with Crippen LogP contribution in [0.1, 0.15) is 47.4 Å². The Kier molecular flexibility index (Phi) is 5.88. The summed E-state index contributed by atoms with van der Waals surface area (Å²) in [6, 6.07) is 6.14. The molecule has 1 aliphatic rings. The second kappa shape index (κ2) is 8.33. The van der Waals surface area contributed by atoms with Crippen molar-refractivity contribution in [3.05, 3.63) is 47.0 Å². The highest BCUT2D eigenvalue weighted by atomic mass is 19.1. The molecule has 0 unspecified atom stereocenters. The van der Waals surface area contributed by atoms with E-state index in [2.05, 4.69) is 9.84 Å². The Labute approximate surface area is 157 Å². The number of amides is 1. The fraction of sp³-hybridized carbons (Fsp3) is 0.450. The minimum absolute atomic E-state index is 0.154. The zero-order valence-electron chi connectivity index (χ0n) is 15.7. The third kappa shape index (κ3) is 4.18. The highest BCUT2D eigenvalue weighted by Crippen LogP contribution is 2.27. The molecule has 0 spiro atoms. The van der Waals surface area contributed by atoms with E-state index in [4.69, 9.17) is 0 Å². The molecule has 0 fully saturated rings. The van der Waals surface area contributed by atoms with Gasteiger partial charge in [-0.25, -0.2) is 9.07 Å². The van der Waals surface area contributed by atoms with Crippen molar-refractivity contribution in [1.29, 1.82) is 0 Å². The Morgan fingerprint density at radius 1 is 1.22 bits per heavy atom. The minimum atomic E-state index is -0.304. The molecule has 0 saturated carbocycles. The van der Waals surface area contributed by atoms with E-state index in [0.29, 0.717) is 18.7 Å². The molecule has 144 valence electrons. The predicted octanol–water partition coefficient (Wildman–Crippen LogP) is 2.92. The van der Waals surface area contributed by atoms with Gasteiger partial charge in [-0.15, -0.1) is 0 Å². The van der Waals surface area contributed by atoms with E-state index in [9.17, 15) is 14.0 Å². The minimum Gasteiger partial charge on any atom is -0.469 e. The number of nitrogens with zero attached hydrogens (tertiary/aromatic N) is 3. The number of methoxy groups -OCH3 is 1. The molecule has 7 heteroatoms.